The third-order valence-electron chi connectivity index (χ3n) is 3.55. The lowest BCUT2D eigenvalue weighted by Crippen LogP contribution is -2.42. The van der Waals surface area contributed by atoms with E-state index in [0.29, 0.717) is 23.1 Å². The molecule has 1 aromatic rings. The van der Waals surface area contributed by atoms with Gasteiger partial charge < -0.3 is 0 Å². The van der Waals surface area contributed by atoms with E-state index in [4.69, 9.17) is 0 Å². The summed E-state index contributed by atoms with van der Waals surface area (Å²) in [5.41, 5.74) is 1.10. The van der Waals surface area contributed by atoms with E-state index in [2.05, 4.69) is 6.58 Å². The number of nitrogens with zero attached hydrogens (tertiary/aromatic N) is 1. The first-order valence-corrected chi connectivity index (χ1v) is 6.65. The molecule has 1 aliphatic heterocycles. The van der Waals surface area contributed by atoms with Gasteiger partial charge in [-0.25, -0.2) is 0 Å². The van der Waals surface area contributed by atoms with Crippen LogP contribution in [0.5, 0.6) is 0 Å². The van der Waals surface area contributed by atoms with Gasteiger partial charge in [0.2, 0.25) is 0 Å². The maximum atomic E-state index is 12.4. The Bertz CT molecular complexity index is 568. The Morgan fingerprint density at radius 2 is 1.70 bits per heavy atom. The smallest absolute Gasteiger partial charge is 0.262 e. The Labute approximate surface area is 118 Å². The Kier molecular flexibility index (Phi) is 3.84. The molecule has 0 N–H and O–H groups in total. The van der Waals surface area contributed by atoms with Gasteiger partial charge in [0.1, 0.15) is 0 Å². The molecule has 2 amide bonds. The zero-order valence-electron chi connectivity index (χ0n) is 11.7. The van der Waals surface area contributed by atoms with Crippen molar-refractivity contribution in [3.05, 3.63) is 47.5 Å². The highest BCUT2D eigenvalue weighted by atomic mass is 16.2. The van der Waals surface area contributed by atoms with Crippen molar-refractivity contribution in [3.8, 4) is 0 Å². The number of imide groups is 1. The maximum absolute atomic E-state index is 12.4. The number of hydrogen-bond acceptors (Lipinski definition) is 3. The third kappa shape index (κ3) is 2.18. The monoisotopic (exact) mass is 271 g/mol. The van der Waals surface area contributed by atoms with Crippen molar-refractivity contribution in [2.45, 2.75) is 32.7 Å². The van der Waals surface area contributed by atoms with Crippen LogP contribution in [0.15, 0.2) is 36.4 Å². The van der Waals surface area contributed by atoms with Crippen molar-refractivity contribution in [3.63, 3.8) is 0 Å². The fraction of sp³-hybridized carbons (Fsp3) is 0.312. The van der Waals surface area contributed by atoms with Gasteiger partial charge in [-0.3, -0.25) is 19.3 Å². The SMILES string of the molecule is C=C(C(C)=O)C(CCC)N1C(=O)c2ccccc2C1=O. The first kappa shape index (κ1) is 14.2. The molecule has 4 heteroatoms. The molecule has 0 saturated heterocycles. The van der Waals surface area contributed by atoms with Gasteiger partial charge in [0, 0.05) is 5.57 Å². The molecule has 1 unspecified atom stereocenters. The largest absolute Gasteiger partial charge is 0.295 e. The van der Waals surface area contributed by atoms with Crippen LogP contribution < -0.4 is 0 Å². The van der Waals surface area contributed by atoms with Gasteiger partial charge >= 0.3 is 0 Å². The average molecular weight is 271 g/mol. The molecule has 0 spiro atoms. The van der Waals surface area contributed by atoms with Crippen LogP contribution in [0, 0.1) is 0 Å². The van der Waals surface area contributed by atoms with Gasteiger partial charge in [0.15, 0.2) is 5.78 Å². The molecular formula is C16H17NO3. The van der Waals surface area contributed by atoms with Crippen LogP contribution in [0.1, 0.15) is 47.4 Å². The standard InChI is InChI=1S/C16H17NO3/c1-4-7-14(10(2)11(3)18)17-15(19)12-8-5-6-9-13(12)16(17)20/h5-6,8-9,14H,2,4,7H2,1,3H3. The van der Waals surface area contributed by atoms with Gasteiger partial charge in [-0.2, -0.15) is 0 Å². The summed E-state index contributed by atoms with van der Waals surface area (Å²) in [5, 5.41) is 0. The lowest BCUT2D eigenvalue weighted by molar-refractivity contribution is -0.114. The minimum absolute atomic E-state index is 0.194. The Morgan fingerprint density at radius 3 is 2.10 bits per heavy atom. The molecule has 1 atom stereocenters. The molecule has 0 saturated carbocycles. The lowest BCUT2D eigenvalue weighted by Gasteiger charge is -2.26. The van der Waals surface area contributed by atoms with Gasteiger partial charge in [-0.1, -0.05) is 32.1 Å². The highest BCUT2D eigenvalue weighted by Gasteiger charge is 2.40. The number of ketones is 1. The van der Waals surface area contributed by atoms with Crippen LogP contribution >= 0.6 is 0 Å². The summed E-state index contributed by atoms with van der Waals surface area (Å²) in [4.78, 5) is 37.5. The minimum atomic E-state index is -0.551. The Morgan fingerprint density at radius 1 is 1.20 bits per heavy atom. The van der Waals surface area contributed by atoms with E-state index in [9.17, 15) is 14.4 Å². The summed E-state index contributed by atoms with van der Waals surface area (Å²) in [6.07, 6.45) is 1.30. The van der Waals surface area contributed by atoms with Gasteiger partial charge in [-0.05, 0) is 25.5 Å². The van der Waals surface area contributed by atoms with E-state index >= 15 is 0 Å². The van der Waals surface area contributed by atoms with E-state index in [1.807, 2.05) is 6.92 Å². The lowest BCUT2D eigenvalue weighted by atomic mass is 9.99. The summed E-state index contributed by atoms with van der Waals surface area (Å²) in [7, 11) is 0. The first-order chi connectivity index (χ1) is 9.49. The highest BCUT2D eigenvalue weighted by Crippen LogP contribution is 2.28. The quantitative estimate of drug-likeness (QED) is 0.611. The first-order valence-electron chi connectivity index (χ1n) is 6.65. The number of hydrogen-bond donors (Lipinski definition) is 0. The second kappa shape index (κ2) is 5.41. The summed E-state index contributed by atoms with van der Waals surface area (Å²) in [6.45, 7) is 7.10. The zero-order chi connectivity index (χ0) is 14.9. The highest BCUT2D eigenvalue weighted by molar-refractivity contribution is 6.22. The summed E-state index contributed by atoms with van der Waals surface area (Å²) < 4.78 is 0. The second-order valence-corrected chi connectivity index (χ2v) is 4.91. The van der Waals surface area contributed by atoms with E-state index in [1.54, 1.807) is 24.3 Å². The molecule has 0 bridgehead atoms. The number of carbonyl (C=O) groups is 3. The summed E-state index contributed by atoms with van der Waals surface area (Å²) in [6, 6.07) is 6.17. The summed E-state index contributed by atoms with van der Waals surface area (Å²) in [5.74, 6) is -0.877. The van der Waals surface area contributed by atoms with Crippen molar-refractivity contribution in [1.29, 1.82) is 0 Å². The number of rotatable bonds is 5. The fourth-order valence-corrected chi connectivity index (χ4v) is 2.46. The molecule has 0 fully saturated rings. The van der Waals surface area contributed by atoms with E-state index < -0.39 is 6.04 Å². The Hall–Kier alpha value is -2.23. The van der Waals surface area contributed by atoms with Crippen molar-refractivity contribution in [2.75, 3.05) is 0 Å². The summed E-state index contributed by atoms with van der Waals surface area (Å²) >= 11 is 0. The number of carbonyl (C=O) groups excluding carboxylic acids is 3. The Balaban J connectivity index is 2.42. The molecule has 1 aliphatic rings. The molecule has 4 nitrogen and oxygen atoms in total. The van der Waals surface area contributed by atoms with Crippen molar-refractivity contribution in [2.24, 2.45) is 0 Å². The minimum Gasteiger partial charge on any atom is -0.295 e. The predicted octanol–water partition coefficient (Wildman–Crippen LogP) is 2.60. The molecular weight excluding hydrogens is 254 g/mol. The normalized spacial score (nSPS) is 15.2. The second-order valence-electron chi connectivity index (χ2n) is 4.91. The number of fused-ring (bicyclic) bond motifs is 1. The predicted molar refractivity (Wildman–Crippen MR) is 75.5 cm³/mol. The van der Waals surface area contributed by atoms with Crippen LogP contribution in [0.4, 0.5) is 0 Å². The molecule has 0 radical (unpaired) electrons. The van der Waals surface area contributed by atoms with Crippen molar-refractivity contribution < 1.29 is 14.4 Å². The molecule has 0 aliphatic carbocycles. The molecule has 1 aromatic carbocycles. The van der Waals surface area contributed by atoms with Gasteiger partial charge in [0.05, 0.1) is 17.2 Å². The molecule has 104 valence electrons. The van der Waals surface area contributed by atoms with E-state index in [-0.39, 0.29) is 17.6 Å². The van der Waals surface area contributed by atoms with Gasteiger partial charge in [-0.15, -0.1) is 0 Å². The third-order valence-corrected chi connectivity index (χ3v) is 3.55. The van der Waals surface area contributed by atoms with Crippen molar-refractivity contribution >= 4 is 17.6 Å². The van der Waals surface area contributed by atoms with Crippen molar-refractivity contribution in [1.82, 2.24) is 4.90 Å². The maximum Gasteiger partial charge on any atom is 0.262 e. The van der Waals surface area contributed by atoms with Crippen LogP contribution in [0.2, 0.25) is 0 Å². The van der Waals surface area contributed by atoms with Gasteiger partial charge in [0.25, 0.3) is 11.8 Å². The number of benzene rings is 1. The number of Topliss-reactive ketones (excluding diaryl/α,β-unsaturated/α-hetero) is 1. The molecule has 0 aromatic heterocycles. The molecule has 1 heterocycles. The van der Waals surface area contributed by atoms with E-state index in [0.717, 1.165) is 6.42 Å². The number of amides is 2. The molecule has 2 rings (SSSR count). The van der Waals surface area contributed by atoms with Crippen LogP contribution in [-0.4, -0.2) is 28.5 Å². The fourth-order valence-electron chi connectivity index (χ4n) is 2.46. The topological polar surface area (TPSA) is 54.5 Å². The van der Waals surface area contributed by atoms with Crippen LogP contribution in [-0.2, 0) is 4.79 Å². The van der Waals surface area contributed by atoms with E-state index in [1.165, 1.54) is 11.8 Å². The van der Waals surface area contributed by atoms with Crippen LogP contribution in [0.3, 0.4) is 0 Å². The zero-order valence-corrected chi connectivity index (χ0v) is 11.7. The van der Waals surface area contributed by atoms with Crippen LogP contribution in [0.25, 0.3) is 0 Å². The molecule has 20 heavy (non-hydrogen) atoms. The average Bonchev–Trinajstić information content (AvgIpc) is 2.68.